The lowest BCUT2D eigenvalue weighted by Gasteiger charge is -2.17. The van der Waals surface area contributed by atoms with Gasteiger partial charge in [0.05, 0.1) is 5.39 Å². The first-order valence-electron chi connectivity index (χ1n) is 4.60. The number of aromatic amines is 1. The number of nitrogens with zero attached hydrogens (tertiary/aromatic N) is 2. The van der Waals surface area contributed by atoms with E-state index in [1.54, 1.807) is 12.3 Å². The van der Waals surface area contributed by atoms with E-state index in [1.165, 1.54) is 6.33 Å². The summed E-state index contributed by atoms with van der Waals surface area (Å²) in [6.07, 6.45) is -1.49. The lowest BCUT2D eigenvalue weighted by atomic mass is 10.3. The monoisotopic (exact) mass is 230 g/mol. The molecule has 86 valence electrons. The van der Waals surface area contributed by atoms with Crippen molar-refractivity contribution >= 4 is 16.9 Å². The Labute approximate surface area is 88.9 Å². The molecule has 0 radical (unpaired) electrons. The van der Waals surface area contributed by atoms with Crippen molar-refractivity contribution in [2.24, 2.45) is 0 Å². The van der Waals surface area contributed by atoms with Gasteiger partial charge < -0.3 is 10.3 Å². The summed E-state index contributed by atoms with van der Waals surface area (Å²) in [4.78, 5) is 10.5. The number of hydrogen-bond donors (Lipinski definition) is 2. The Morgan fingerprint density at radius 2 is 2.12 bits per heavy atom. The van der Waals surface area contributed by atoms with Gasteiger partial charge in [-0.15, -0.1) is 0 Å². The summed E-state index contributed by atoms with van der Waals surface area (Å²) in [5.74, 6) is 0.177. The first kappa shape index (κ1) is 10.7. The Morgan fingerprint density at radius 1 is 1.38 bits per heavy atom. The number of halogens is 3. The molecule has 2 aromatic rings. The van der Waals surface area contributed by atoms with Gasteiger partial charge in [0.25, 0.3) is 0 Å². The molecular formula is C9H9F3N4. The average molecular weight is 230 g/mol. The maximum Gasteiger partial charge on any atom is 0.408 e. The minimum absolute atomic E-state index is 0.177. The standard InChI is InChI=1S/C9H9F3N4/c1-5(9(10,11)12)16-8-6-2-3-13-7(6)14-4-15-8/h2-5H,1H3,(H2,13,14,15,16)/t5-/m1/s1. The summed E-state index contributed by atoms with van der Waals surface area (Å²) in [6, 6.07) is -0.0266. The van der Waals surface area contributed by atoms with E-state index in [4.69, 9.17) is 0 Å². The SMILES string of the molecule is C[C@@H](Nc1ncnc2[nH]ccc12)C(F)(F)F. The van der Waals surface area contributed by atoms with E-state index >= 15 is 0 Å². The first-order valence-corrected chi connectivity index (χ1v) is 4.60. The van der Waals surface area contributed by atoms with E-state index in [1.807, 2.05) is 0 Å². The molecule has 0 bridgehead atoms. The molecule has 0 unspecified atom stereocenters. The van der Waals surface area contributed by atoms with Crippen molar-refractivity contribution in [2.75, 3.05) is 5.32 Å². The second-order valence-electron chi connectivity index (χ2n) is 3.37. The Bertz CT molecular complexity index is 491. The number of alkyl halides is 3. The van der Waals surface area contributed by atoms with Crippen molar-refractivity contribution in [3.63, 3.8) is 0 Å². The molecule has 0 saturated heterocycles. The zero-order valence-electron chi connectivity index (χ0n) is 8.34. The fourth-order valence-electron chi connectivity index (χ4n) is 1.27. The summed E-state index contributed by atoms with van der Waals surface area (Å²) in [5, 5.41) is 2.86. The lowest BCUT2D eigenvalue weighted by molar-refractivity contribution is -0.138. The molecule has 0 spiro atoms. The molecule has 0 aliphatic rings. The molecule has 7 heteroatoms. The van der Waals surface area contributed by atoms with Crippen molar-refractivity contribution in [1.29, 1.82) is 0 Å². The highest BCUT2D eigenvalue weighted by Crippen LogP contribution is 2.25. The van der Waals surface area contributed by atoms with Gasteiger partial charge in [-0.3, -0.25) is 0 Å². The van der Waals surface area contributed by atoms with Gasteiger partial charge in [0, 0.05) is 6.20 Å². The number of fused-ring (bicyclic) bond motifs is 1. The molecule has 0 aliphatic carbocycles. The number of nitrogens with one attached hydrogen (secondary N) is 2. The molecule has 2 heterocycles. The van der Waals surface area contributed by atoms with Crippen molar-refractivity contribution in [2.45, 2.75) is 19.1 Å². The van der Waals surface area contributed by atoms with Crippen LogP contribution in [0.4, 0.5) is 19.0 Å². The molecule has 2 N–H and O–H groups in total. The molecule has 0 fully saturated rings. The van der Waals surface area contributed by atoms with Crippen molar-refractivity contribution in [3.05, 3.63) is 18.6 Å². The zero-order chi connectivity index (χ0) is 11.8. The number of H-pyrrole nitrogens is 1. The average Bonchev–Trinajstić information content (AvgIpc) is 2.65. The molecule has 0 aromatic carbocycles. The van der Waals surface area contributed by atoms with Crippen LogP contribution in [-0.2, 0) is 0 Å². The van der Waals surface area contributed by atoms with Crippen LogP contribution >= 0.6 is 0 Å². The van der Waals surface area contributed by atoms with Crippen LogP contribution in [0.1, 0.15) is 6.92 Å². The van der Waals surface area contributed by atoms with Gasteiger partial charge in [0.2, 0.25) is 0 Å². The summed E-state index contributed by atoms with van der Waals surface area (Å²) >= 11 is 0. The molecule has 0 saturated carbocycles. The second kappa shape index (κ2) is 3.66. The quantitative estimate of drug-likeness (QED) is 0.832. The summed E-state index contributed by atoms with van der Waals surface area (Å²) < 4.78 is 37.0. The van der Waals surface area contributed by atoms with Crippen LogP contribution in [0.3, 0.4) is 0 Å². The van der Waals surface area contributed by atoms with Crippen LogP contribution in [-0.4, -0.2) is 27.2 Å². The number of anilines is 1. The van der Waals surface area contributed by atoms with Crippen molar-refractivity contribution in [1.82, 2.24) is 15.0 Å². The number of aromatic nitrogens is 3. The minimum Gasteiger partial charge on any atom is -0.358 e. The summed E-state index contributed by atoms with van der Waals surface area (Å²) in [7, 11) is 0. The first-order chi connectivity index (χ1) is 7.48. The van der Waals surface area contributed by atoms with E-state index in [0.29, 0.717) is 11.0 Å². The van der Waals surface area contributed by atoms with E-state index < -0.39 is 12.2 Å². The van der Waals surface area contributed by atoms with Crippen molar-refractivity contribution < 1.29 is 13.2 Å². The number of rotatable bonds is 2. The second-order valence-corrected chi connectivity index (χ2v) is 3.37. The summed E-state index contributed by atoms with van der Waals surface area (Å²) in [6.45, 7) is 1.04. The third-order valence-corrected chi connectivity index (χ3v) is 2.20. The normalized spacial score (nSPS) is 14.0. The van der Waals surface area contributed by atoms with E-state index in [-0.39, 0.29) is 5.82 Å². The molecular weight excluding hydrogens is 221 g/mol. The van der Waals surface area contributed by atoms with Crippen LogP contribution in [0.2, 0.25) is 0 Å². The van der Waals surface area contributed by atoms with Crippen LogP contribution in [0.25, 0.3) is 11.0 Å². The maximum absolute atomic E-state index is 12.3. The minimum atomic E-state index is -4.30. The van der Waals surface area contributed by atoms with E-state index in [0.717, 1.165) is 6.92 Å². The highest BCUT2D eigenvalue weighted by Gasteiger charge is 2.36. The Balaban J connectivity index is 2.31. The van der Waals surface area contributed by atoms with Crippen LogP contribution in [0.15, 0.2) is 18.6 Å². The van der Waals surface area contributed by atoms with Gasteiger partial charge in [0.1, 0.15) is 23.8 Å². The molecule has 4 nitrogen and oxygen atoms in total. The molecule has 2 aromatic heterocycles. The Kier molecular flexibility index (Phi) is 2.45. The van der Waals surface area contributed by atoms with Crippen LogP contribution < -0.4 is 5.32 Å². The highest BCUT2D eigenvalue weighted by atomic mass is 19.4. The van der Waals surface area contributed by atoms with Gasteiger partial charge in [-0.1, -0.05) is 0 Å². The lowest BCUT2D eigenvalue weighted by Crippen LogP contribution is -2.33. The molecule has 0 aliphatic heterocycles. The molecule has 2 rings (SSSR count). The predicted octanol–water partition coefficient (Wildman–Crippen LogP) is 2.32. The van der Waals surface area contributed by atoms with Crippen LogP contribution in [0.5, 0.6) is 0 Å². The van der Waals surface area contributed by atoms with Crippen LogP contribution in [0, 0.1) is 0 Å². The van der Waals surface area contributed by atoms with E-state index in [2.05, 4.69) is 20.3 Å². The van der Waals surface area contributed by atoms with Gasteiger partial charge in [-0.2, -0.15) is 13.2 Å². The smallest absolute Gasteiger partial charge is 0.358 e. The third kappa shape index (κ3) is 1.93. The molecule has 0 amide bonds. The largest absolute Gasteiger partial charge is 0.408 e. The number of hydrogen-bond acceptors (Lipinski definition) is 3. The molecule has 16 heavy (non-hydrogen) atoms. The van der Waals surface area contributed by atoms with Gasteiger partial charge >= 0.3 is 6.18 Å². The fraction of sp³-hybridized carbons (Fsp3) is 0.333. The summed E-state index contributed by atoms with van der Waals surface area (Å²) in [5.41, 5.74) is 0.506. The van der Waals surface area contributed by atoms with Gasteiger partial charge in [0.15, 0.2) is 0 Å². The topological polar surface area (TPSA) is 53.6 Å². The molecule has 1 atom stereocenters. The van der Waals surface area contributed by atoms with Gasteiger partial charge in [-0.05, 0) is 13.0 Å². The van der Waals surface area contributed by atoms with E-state index in [9.17, 15) is 13.2 Å². The predicted molar refractivity (Wildman–Crippen MR) is 53.0 cm³/mol. The zero-order valence-corrected chi connectivity index (χ0v) is 8.34. The maximum atomic E-state index is 12.3. The Hall–Kier alpha value is -1.79. The Morgan fingerprint density at radius 3 is 2.81 bits per heavy atom. The third-order valence-electron chi connectivity index (χ3n) is 2.20. The van der Waals surface area contributed by atoms with Gasteiger partial charge in [-0.25, -0.2) is 9.97 Å². The fourth-order valence-corrected chi connectivity index (χ4v) is 1.27. The highest BCUT2D eigenvalue weighted by molar-refractivity contribution is 5.86. The van der Waals surface area contributed by atoms with Crippen molar-refractivity contribution in [3.8, 4) is 0 Å².